The summed E-state index contributed by atoms with van der Waals surface area (Å²) in [7, 11) is 1.64. The van der Waals surface area contributed by atoms with Crippen molar-refractivity contribution in [1.29, 1.82) is 0 Å². The van der Waals surface area contributed by atoms with E-state index >= 15 is 0 Å². The van der Waals surface area contributed by atoms with E-state index in [1.54, 1.807) is 33.0 Å². The lowest BCUT2D eigenvalue weighted by Crippen LogP contribution is -2.50. The number of hydrogen-bond acceptors (Lipinski definition) is 4. The van der Waals surface area contributed by atoms with Crippen LogP contribution in [0.2, 0.25) is 0 Å². The SMILES string of the molecule is CC(c1cccc([N+](=O)[O-])c1)N(C)C(=O)C(C)(C)N. The van der Waals surface area contributed by atoms with Gasteiger partial charge >= 0.3 is 0 Å². The van der Waals surface area contributed by atoms with E-state index in [9.17, 15) is 14.9 Å². The summed E-state index contributed by atoms with van der Waals surface area (Å²) in [5.41, 5.74) is 5.52. The molecule has 0 aliphatic heterocycles. The fourth-order valence-corrected chi connectivity index (χ4v) is 1.75. The van der Waals surface area contributed by atoms with Crippen molar-refractivity contribution in [3.63, 3.8) is 0 Å². The number of rotatable bonds is 4. The second kappa shape index (κ2) is 5.36. The molecule has 0 saturated carbocycles. The summed E-state index contributed by atoms with van der Waals surface area (Å²) in [6.45, 7) is 5.07. The summed E-state index contributed by atoms with van der Waals surface area (Å²) in [6, 6.07) is 5.97. The summed E-state index contributed by atoms with van der Waals surface area (Å²) in [5, 5.41) is 10.7. The number of likely N-dealkylation sites (N-methyl/N-ethyl adjacent to an activating group) is 1. The molecule has 0 aromatic heterocycles. The van der Waals surface area contributed by atoms with Crippen LogP contribution >= 0.6 is 0 Å². The van der Waals surface area contributed by atoms with Crippen LogP contribution < -0.4 is 5.73 Å². The van der Waals surface area contributed by atoms with Crippen LogP contribution in [0.25, 0.3) is 0 Å². The normalized spacial score (nSPS) is 12.9. The molecule has 2 N–H and O–H groups in total. The summed E-state index contributed by atoms with van der Waals surface area (Å²) < 4.78 is 0. The first-order valence-corrected chi connectivity index (χ1v) is 5.95. The first kappa shape index (κ1) is 15.1. The van der Waals surface area contributed by atoms with Gasteiger partial charge in [-0.2, -0.15) is 0 Å². The number of benzene rings is 1. The number of nitrogens with two attached hydrogens (primary N) is 1. The molecule has 6 nitrogen and oxygen atoms in total. The molecule has 1 amide bonds. The Morgan fingerprint density at radius 3 is 2.53 bits per heavy atom. The van der Waals surface area contributed by atoms with Gasteiger partial charge in [0, 0.05) is 19.2 Å². The van der Waals surface area contributed by atoms with E-state index in [1.165, 1.54) is 17.0 Å². The molecule has 0 bridgehead atoms. The van der Waals surface area contributed by atoms with Gasteiger partial charge in [-0.15, -0.1) is 0 Å². The molecule has 1 unspecified atom stereocenters. The zero-order valence-corrected chi connectivity index (χ0v) is 11.6. The molecule has 6 heteroatoms. The third-order valence-electron chi connectivity index (χ3n) is 3.02. The Balaban J connectivity index is 3.00. The molecule has 0 saturated heterocycles. The average molecular weight is 265 g/mol. The Kier molecular flexibility index (Phi) is 4.26. The van der Waals surface area contributed by atoms with Gasteiger partial charge in [0.1, 0.15) is 0 Å². The van der Waals surface area contributed by atoms with Crippen LogP contribution in [0.1, 0.15) is 32.4 Å². The molecule has 0 fully saturated rings. The molecule has 0 spiro atoms. The molecule has 1 aromatic carbocycles. The first-order valence-electron chi connectivity index (χ1n) is 5.95. The highest BCUT2D eigenvalue weighted by Crippen LogP contribution is 2.24. The van der Waals surface area contributed by atoms with Gasteiger partial charge in [-0.25, -0.2) is 0 Å². The Bertz CT molecular complexity index is 494. The van der Waals surface area contributed by atoms with Gasteiger partial charge in [0.15, 0.2) is 0 Å². The molecule has 0 radical (unpaired) electrons. The lowest BCUT2D eigenvalue weighted by molar-refractivity contribution is -0.384. The molecule has 0 aliphatic carbocycles. The zero-order chi connectivity index (χ0) is 14.8. The van der Waals surface area contributed by atoms with E-state index < -0.39 is 10.5 Å². The van der Waals surface area contributed by atoms with Gasteiger partial charge in [-0.3, -0.25) is 14.9 Å². The molecule has 1 atom stereocenters. The maximum Gasteiger partial charge on any atom is 0.269 e. The smallest absolute Gasteiger partial charge is 0.269 e. The third kappa shape index (κ3) is 3.51. The maximum atomic E-state index is 12.1. The van der Waals surface area contributed by atoms with E-state index in [2.05, 4.69) is 0 Å². The lowest BCUT2D eigenvalue weighted by atomic mass is 10.0. The van der Waals surface area contributed by atoms with Gasteiger partial charge in [0.05, 0.1) is 16.5 Å². The van der Waals surface area contributed by atoms with E-state index in [1.807, 2.05) is 6.92 Å². The largest absolute Gasteiger partial charge is 0.337 e. The quantitative estimate of drug-likeness (QED) is 0.664. The number of carbonyl (C=O) groups excluding carboxylic acids is 1. The molecular formula is C13H19N3O3. The summed E-state index contributed by atoms with van der Waals surface area (Å²) in [4.78, 5) is 23.9. The van der Waals surface area contributed by atoms with Crippen molar-refractivity contribution >= 4 is 11.6 Å². The molecular weight excluding hydrogens is 246 g/mol. The van der Waals surface area contributed by atoms with Crippen molar-refractivity contribution in [3.05, 3.63) is 39.9 Å². The number of carbonyl (C=O) groups is 1. The van der Waals surface area contributed by atoms with Crippen LogP contribution in [-0.2, 0) is 4.79 Å². The van der Waals surface area contributed by atoms with Gasteiger partial charge in [0.2, 0.25) is 5.91 Å². The highest BCUT2D eigenvalue weighted by Gasteiger charge is 2.29. The van der Waals surface area contributed by atoms with Crippen molar-refractivity contribution in [2.45, 2.75) is 32.4 Å². The third-order valence-corrected chi connectivity index (χ3v) is 3.02. The van der Waals surface area contributed by atoms with E-state index in [0.29, 0.717) is 5.56 Å². The number of hydrogen-bond donors (Lipinski definition) is 1. The topological polar surface area (TPSA) is 89.5 Å². The maximum absolute atomic E-state index is 12.1. The number of nitro groups is 1. The number of non-ortho nitro benzene ring substituents is 1. The zero-order valence-electron chi connectivity index (χ0n) is 11.6. The number of amides is 1. The van der Waals surface area contributed by atoms with Crippen molar-refractivity contribution in [3.8, 4) is 0 Å². The summed E-state index contributed by atoms with van der Waals surface area (Å²) in [6.07, 6.45) is 0. The minimum atomic E-state index is -0.969. The summed E-state index contributed by atoms with van der Waals surface area (Å²) >= 11 is 0. The molecule has 1 rings (SSSR count). The van der Waals surface area contributed by atoms with Crippen LogP contribution in [0.3, 0.4) is 0 Å². The fraction of sp³-hybridized carbons (Fsp3) is 0.462. The Hall–Kier alpha value is -1.95. The fourth-order valence-electron chi connectivity index (χ4n) is 1.75. The Morgan fingerprint density at radius 1 is 1.47 bits per heavy atom. The van der Waals surface area contributed by atoms with Crippen molar-refractivity contribution in [1.82, 2.24) is 4.90 Å². The highest BCUT2D eigenvalue weighted by molar-refractivity contribution is 5.85. The van der Waals surface area contributed by atoms with Crippen LogP contribution in [0.15, 0.2) is 24.3 Å². The first-order chi connectivity index (χ1) is 8.64. The van der Waals surface area contributed by atoms with Gasteiger partial charge in [-0.05, 0) is 26.3 Å². The van der Waals surface area contributed by atoms with E-state index in [-0.39, 0.29) is 17.6 Å². The van der Waals surface area contributed by atoms with Gasteiger partial charge in [0.25, 0.3) is 5.69 Å². The van der Waals surface area contributed by atoms with Crippen LogP contribution in [-0.4, -0.2) is 28.3 Å². The van der Waals surface area contributed by atoms with Crippen molar-refractivity contribution in [2.75, 3.05) is 7.05 Å². The van der Waals surface area contributed by atoms with E-state index in [4.69, 9.17) is 5.73 Å². The Morgan fingerprint density at radius 2 is 2.05 bits per heavy atom. The minimum absolute atomic E-state index is 0.0113. The number of nitro benzene ring substituents is 1. The molecule has 0 aliphatic rings. The second-order valence-electron chi connectivity index (χ2n) is 5.17. The van der Waals surface area contributed by atoms with Crippen molar-refractivity contribution in [2.24, 2.45) is 5.73 Å². The monoisotopic (exact) mass is 265 g/mol. The van der Waals surface area contributed by atoms with Gasteiger partial charge < -0.3 is 10.6 Å². The molecule has 0 heterocycles. The highest BCUT2D eigenvalue weighted by atomic mass is 16.6. The number of nitrogens with zero attached hydrogens (tertiary/aromatic N) is 2. The molecule has 19 heavy (non-hydrogen) atoms. The predicted molar refractivity (Wildman–Crippen MR) is 72.5 cm³/mol. The van der Waals surface area contributed by atoms with Crippen molar-refractivity contribution < 1.29 is 9.72 Å². The Labute approximate surface area is 112 Å². The van der Waals surface area contributed by atoms with Crippen LogP contribution in [0.4, 0.5) is 5.69 Å². The molecule has 104 valence electrons. The summed E-state index contributed by atoms with van der Waals surface area (Å²) in [5.74, 6) is -0.216. The van der Waals surface area contributed by atoms with Crippen LogP contribution in [0.5, 0.6) is 0 Å². The minimum Gasteiger partial charge on any atom is -0.337 e. The second-order valence-corrected chi connectivity index (χ2v) is 5.17. The average Bonchev–Trinajstić information content (AvgIpc) is 2.35. The molecule has 1 aromatic rings. The van der Waals surface area contributed by atoms with E-state index in [0.717, 1.165) is 0 Å². The lowest BCUT2D eigenvalue weighted by Gasteiger charge is -2.31. The van der Waals surface area contributed by atoms with Gasteiger partial charge in [-0.1, -0.05) is 12.1 Å². The van der Waals surface area contributed by atoms with Crippen LogP contribution in [0, 0.1) is 10.1 Å². The predicted octanol–water partition coefficient (Wildman–Crippen LogP) is 1.85. The standard InChI is InChI=1S/C13H19N3O3/c1-9(15(4)12(17)13(2,3)14)10-6-5-7-11(8-10)16(18)19/h5-9H,14H2,1-4H3.